The molecule has 3 N–H and O–H groups in total. The van der Waals surface area contributed by atoms with Crippen LogP contribution in [-0.2, 0) is 14.8 Å². The molecule has 0 bridgehead atoms. The third-order valence-electron chi connectivity index (χ3n) is 5.45. The molecule has 1 aliphatic rings. The molecule has 3 amide bonds. The molecule has 0 aromatic heterocycles. The van der Waals surface area contributed by atoms with Crippen molar-refractivity contribution in [1.82, 2.24) is 14.9 Å². The van der Waals surface area contributed by atoms with Crippen LogP contribution in [0.1, 0.15) is 25.3 Å². The van der Waals surface area contributed by atoms with Crippen LogP contribution in [0.2, 0.25) is 0 Å². The zero-order chi connectivity index (χ0) is 23.1. The minimum absolute atomic E-state index is 0.106. The van der Waals surface area contributed by atoms with E-state index in [0.717, 1.165) is 18.4 Å². The summed E-state index contributed by atoms with van der Waals surface area (Å²) in [6.07, 6.45) is 1.69. The first-order valence-electron chi connectivity index (χ1n) is 10.7. The van der Waals surface area contributed by atoms with E-state index in [-0.39, 0.29) is 22.8 Å². The summed E-state index contributed by atoms with van der Waals surface area (Å²) in [6, 6.07) is 14.3. The number of rotatable bonds is 7. The maximum atomic E-state index is 12.9. The van der Waals surface area contributed by atoms with Gasteiger partial charge in [-0.15, -0.1) is 0 Å². The Morgan fingerprint density at radius 1 is 1.09 bits per heavy atom. The molecule has 2 aromatic rings. The van der Waals surface area contributed by atoms with Gasteiger partial charge in [-0.2, -0.15) is 4.72 Å². The number of hydrogen-bond acceptors (Lipinski definition) is 4. The highest BCUT2D eigenvalue weighted by Gasteiger charge is 2.29. The van der Waals surface area contributed by atoms with Crippen molar-refractivity contribution >= 4 is 27.6 Å². The van der Waals surface area contributed by atoms with Gasteiger partial charge in [0, 0.05) is 25.3 Å². The minimum Gasteiger partial charge on any atom is -0.341 e. The fourth-order valence-electron chi connectivity index (χ4n) is 3.71. The number of carbonyl (C=O) groups is 2. The van der Waals surface area contributed by atoms with Crippen molar-refractivity contribution in [3.05, 3.63) is 60.2 Å². The van der Waals surface area contributed by atoms with E-state index in [2.05, 4.69) is 15.4 Å². The zero-order valence-corrected chi connectivity index (χ0v) is 19.2. The number of sulfonamides is 1. The molecule has 2 atom stereocenters. The number of likely N-dealkylation sites (tertiary alicyclic amines) is 1. The van der Waals surface area contributed by atoms with E-state index in [1.54, 1.807) is 30.0 Å². The summed E-state index contributed by atoms with van der Waals surface area (Å²) in [4.78, 5) is 26.8. The van der Waals surface area contributed by atoms with Crippen LogP contribution >= 0.6 is 0 Å². The normalized spacial score (nSPS) is 17.4. The summed E-state index contributed by atoms with van der Waals surface area (Å²) >= 11 is 0. The van der Waals surface area contributed by atoms with E-state index in [0.29, 0.717) is 25.3 Å². The molecule has 9 heteroatoms. The molecule has 0 saturated carbocycles. The highest BCUT2D eigenvalue weighted by atomic mass is 32.2. The lowest BCUT2D eigenvalue weighted by atomic mass is 9.97. The molecular weight excluding hydrogens is 428 g/mol. The van der Waals surface area contributed by atoms with E-state index in [9.17, 15) is 18.0 Å². The molecule has 172 valence electrons. The van der Waals surface area contributed by atoms with E-state index in [1.807, 2.05) is 31.2 Å². The zero-order valence-electron chi connectivity index (χ0n) is 18.4. The maximum absolute atomic E-state index is 12.9. The van der Waals surface area contributed by atoms with Gasteiger partial charge in [-0.1, -0.05) is 35.9 Å². The van der Waals surface area contributed by atoms with E-state index in [1.165, 1.54) is 12.1 Å². The van der Waals surface area contributed by atoms with Crippen molar-refractivity contribution in [2.24, 2.45) is 5.92 Å². The summed E-state index contributed by atoms with van der Waals surface area (Å²) in [5, 5.41) is 5.66. The SMILES string of the molecule is Cc1ccc(NC(=O)NCC2CCCN(C(=O)[C@H](C)NS(=O)(=O)c3ccccc3)C2)cc1. The van der Waals surface area contributed by atoms with Crippen LogP contribution in [-0.4, -0.2) is 50.9 Å². The van der Waals surface area contributed by atoms with Crippen molar-refractivity contribution in [2.45, 2.75) is 37.6 Å². The predicted octanol–water partition coefficient (Wildman–Crippen LogP) is 2.72. The molecular formula is C23H30N4O4S. The highest BCUT2D eigenvalue weighted by Crippen LogP contribution is 2.18. The smallest absolute Gasteiger partial charge is 0.319 e. The number of hydrogen-bond donors (Lipinski definition) is 3. The third kappa shape index (κ3) is 6.54. The molecule has 1 fully saturated rings. The van der Waals surface area contributed by atoms with E-state index in [4.69, 9.17) is 0 Å². The number of urea groups is 1. The Morgan fingerprint density at radius 3 is 2.47 bits per heavy atom. The molecule has 1 aliphatic heterocycles. The second kappa shape index (κ2) is 10.6. The predicted molar refractivity (Wildman–Crippen MR) is 124 cm³/mol. The van der Waals surface area contributed by atoms with Crippen LogP contribution in [0.25, 0.3) is 0 Å². The maximum Gasteiger partial charge on any atom is 0.319 e. The highest BCUT2D eigenvalue weighted by molar-refractivity contribution is 7.89. The molecule has 1 unspecified atom stereocenters. The largest absolute Gasteiger partial charge is 0.341 e. The quantitative estimate of drug-likeness (QED) is 0.593. The summed E-state index contributed by atoms with van der Waals surface area (Å²) < 4.78 is 27.5. The van der Waals surface area contributed by atoms with Crippen molar-refractivity contribution in [3.63, 3.8) is 0 Å². The van der Waals surface area contributed by atoms with Gasteiger partial charge >= 0.3 is 6.03 Å². The number of carbonyl (C=O) groups excluding carboxylic acids is 2. The van der Waals surface area contributed by atoms with Crippen molar-refractivity contribution < 1.29 is 18.0 Å². The summed E-state index contributed by atoms with van der Waals surface area (Å²) in [6.45, 7) is 5.02. The van der Waals surface area contributed by atoms with Gasteiger partial charge < -0.3 is 15.5 Å². The van der Waals surface area contributed by atoms with Crippen LogP contribution in [0, 0.1) is 12.8 Å². The number of nitrogens with zero attached hydrogens (tertiary/aromatic N) is 1. The molecule has 32 heavy (non-hydrogen) atoms. The first-order valence-corrected chi connectivity index (χ1v) is 12.2. The van der Waals surface area contributed by atoms with Crippen LogP contribution < -0.4 is 15.4 Å². The lowest BCUT2D eigenvalue weighted by molar-refractivity contribution is -0.134. The molecule has 8 nitrogen and oxygen atoms in total. The lowest BCUT2D eigenvalue weighted by Gasteiger charge is -2.34. The number of benzene rings is 2. The fraction of sp³-hybridized carbons (Fsp3) is 0.391. The topological polar surface area (TPSA) is 108 Å². The fourth-order valence-corrected chi connectivity index (χ4v) is 4.92. The van der Waals surface area contributed by atoms with Gasteiger partial charge in [0.1, 0.15) is 0 Å². The molecule has 0 aliphatic carbocycles. The molecule has 0 radical (unpaired) electrons. The number of amides is 3. The lowest BCUT2D eigenvalue weighted by Crippen LogP contribution is -2.51. The summed E-state index contributed by atoms with van der Waals surface area (Å²) in [7, 11) is -3.77. The Labute approximate surface area is 189 Å². The van der Waals surface area contributed by atoms with Gasteiger partial charge in [-0.25, -0.2) is 13.2 Å². The van der Waals surface area contributed by atoms with Crippen molar-refractivity contribution in [1.29, 1.82) is 0 Å². The second-order valence-corrected chi connectivity index (χ2v) is 9.86. The molecule has 1 heterocycles. The number of aryl methyl sites for hydroxylation is 1. The monoisotopic (exact) mass is 458 g/mol. The van der Waals surface area contributed by atoms with Gasteiger partial charge in [-0.05, 0) is 56.9 Å². The Morgan fingerprint density at radius 2 is 1.78 bits per heavy atom. The van der Waals surface area contributed by atoms with Crippen LogP contribution in [0.5, 0.6) is 0 Å². The van der Waals surface area contributed by atoms with E-state index < -0.39 is 16.1 Å². The average Bonchev–Trinajstić information content (AvgIpc) is 2.79. The minimum atomic E-state index is -3.77. The second-order valence-electron chi connectivity index (χ2n) is 8.15. The van der Waals surface area contributed by atoms with Gasteiger partial charge in [0.2, 0.25) is 15.9 Å². The van der Waals surface area contributed by atoms with Gasteiger partial charge in [0.25, 0.3) is 0 Å². The Kier molecular flexibility index (Phi) is 7.87. The van der Waals surface area contributed by atoms with E-state index >= 15 is 0 Å². The Balaban J connectivity index is 1.49. The van der Waals surface area contributed by atoms with Crippen LogP contribution in [0.4, 0.5) is 10.5 Å². The molecule has 1 saturated heterocycles. The van der Waals surface area contributed by atoms with Crippen LogP contribution in [0.15, 0.2) is 59.5 Å². The van der Waals surface area contributed by atoms with Gasteiger partial charge in [0.15, 0.2) is 0 Å². The number of piperidine rings is 1. The molecule has 0 spiro atoms. The molecule has 2 aromatic carbocycles. The Hall–Kier alpha value is -2.91. The van der Waals surface area contributed by atoms with Gasteiger partial charge in [-0.3, -0.25) is 4.79 Å². The Bertz CT molecular complexity index is 1030. The average molecular weight is 459 g/mol. The standard InChI is InChI=1S/C23H30N4O4S/c1-17-10-12-20(13-11-17)25-23(29)24-15-19-7-6-14-27(16-19)22(28)18(2)26-32(30,31)21-8-4-3-5-9-21/h3-5,8-13,18-19,26H,6-7,14-16H2,1-2H3,(H2,24,25,29)/t18-,19?/m0/s1. The first-order chi connectivity index (χ1) is 15.2. The van der Waals surface area contributed by atoms with Gasteiger partial charge in [0.05, 0.1) is 10.9 Å². The summed E-state index contributed by atoms with van der Waals surface area (Å²) in [5.74, 6) is -0.160. The van der Waals surface area contributed by atoms with Crippen LogP contribution in [0.3, 0.4) is 0 Å². The first kappa shape index (κ1) is 23.7. The number of nitrogens with one attached hydrogen (secondary N) is 3. The number of anilines is 1. The third-order valence-corrected chi connectivity index (χ3v) is 7.00. The van der Waals surface area contributed by atoms with Crippen molar-refractivity contribution in [3.8, 4) is 0 Å². The summed E-state index contributed by atoms with van der Waals surface area (Å²) in [5.41, 5.74) is 1.83. The molecule has 3 rings (SSSR count). The van der Waals surface area contributed by atoms with Crippen molar-refractivity contribution in [2.75, 3.05) is 25.0 Å².